The molecule has 3 nitrogen and oxygen atoms in total. The van der Waals surface area contributed by atoms with Crippen molar-refractivity contribution in [3.05, 3.63) is 0 Å². The van der Waals surface area contributed by atoms with Crippen LogP contribution in [0.4, 0.5) is 0 Å². The van der Waals surface area contributed by atoms with Crippen LogP contribution in [0.25, 0.3) is 0 Å². The SMILES string of the molecule is CCN1CCN(C2CCC(N)C2)CC1C. The predicted octanol–water partition coefficient (Wildman–Crippen LogP) is 0.892. The van der Waals surface area contributed by atoms with Crippen LogP contribution in [0.1, 0.15) is 33.1 Å². The summed E-state index contributed by atoms with van der Waals surface area (Å²) >= 11 is 0. The number of rotatable bonds is 2. The Hall–Kier alpha value is -0.120. The molecule has 15 heavy (non-hydrogen) atoms. The fraction of sp³-hybridized carbons (Fsp3) is 1.00. The molecule has 2 fully saturated rings. The maximum Gasteiger partial charge on any atom is 0.0195 e. The molecular weight excluding hydrogens is 186 g/mol. The van der Waals surface area contributed by atoms with Gasteiger partial charge >= 0.3 is 0 Å². The molecule has 0 bridgehead atoms. The lowest BCUT2D eigenvalue weighted by atomic mass is 10.1. The Kier molecular flexibility index (Phi) is 3.65. The number of nitrogens with zero attached hydrogens (tertiary/aromatic N) is 2. The maximum atomic E-state index is 5.98. The van der Waals surface area contributed by atoms with Gasteiger partial charge in [0.2, 0.25) is 0 Å². The van der Waals surface area contributed by atoms with Gasteiger partial charge in [0.15, 0.2) is 0 Å². The molecule has 0 aromatic rings. The van der Waals surface area contributed by atoms with Gasteiger partial charge in [-0.05, 0) is 32.7 Å². The minimum atomic E-state index is 0.467. The summed E-state index contributed by atoms with van der Waals surface area (Å²) < 4.78 is 0. The van der Waals surface area contributed by atoms with E-state index in [1.54, 1.807) is 0 Å². The molecule has 1 aliphatic carbocycles. The van der Waals surface area contributed by atoms with Gasteiger partial charge in [0, 0.05) is 37.8 Å². The summed E-state index contributed by atoms with van der Waals surface area (Å²) in [6.45, 7) is 9.53. The van der Waals surface area contributed by atoms with Crippen molar-refractivity contribution in [1.82, 2.24) is 9.80 Å². The monoisotopic (exact) mass is 211 g/mol. The van der Waals surface area contributed by atoms with E-state index in [4.69, 9.17) is 5.73 Å². The van der Waals surface area contributed by atoms with Crippen molar-refractivity contribution < 1.29 is 0 Å². The average molecular weight is 211 g/mol. The predicted molar refractivity (Wildman–Crippen MR) is 63.9 cm³/mol. The zero-order valence-corrected chi connectivity index (χ0v) is 10.2. The number of likely N-dealkylation sites (N-methyl/N-ethyl adjacent to an activating group) is 1. The quantitative estimate of drug-likeness (QED) is 0.736. The van der Waals surface area contributed by atoms with Crippen LogP contribution in [-0.4, -0.2) is 54.1 Å². The van der Waals surface area contributed by atoms with Crippen molar-refractivity contribution in [3.63, 3.8) is 0 Å². The molecule has 1 saturated carbocycles. The molecule has 3 atom stereocenters. The van der Waals surface area contributed by atoms with E-state index in [9.17, 15) is 0 Å². The van der Waals surface area contributed by atoms with Crippen LogP contribution in [0.3, 0.4) is 0 Å². The van der Waals surface area contributed by atoms with Crippen molar-refractivity contribution in [2.24, 2.45) is 5.73 Å². The molecule has 3 unspecified atom stereocenters. The number of piperazine rings is 1. The third-order valence-electron chi connectivity index (χ3n) is 4.16. The first-order chi connectivity index (χ1) is 7.20. The lowest BCUT2D eigenvalue weighted by molar-refractivity contribution is 0.0601. The van der Waals surface area contributed by atoms with Crippen LogP contribution < -0.4 is 5.73 Å². The van der Waals surface area contributed by atoms with Crippen LogP contribution in [0, 0.1) is 0 Å². The van der Waals surface area contributed by atoms with Gasteiger partial charge in [-0.2, -0.15) is 0 Å². The van der Waals surface area contributed by atoms with Gasteiger partial charge in [-0.15, -0.1) is 0 Å². The van der Waals surface area contributed by atoms with Crippen molar-refractivity contribution in [2.45, 2.75) is 51.2 Å². The second-order valence-corrected chi connectivity index (χ2v) is 5.20. The van der Waals surface area contributed by atoms with Crippen LogP contribution in [0.5, 0.6) is 0 Å². The molecule has 0 aromatic carbocycles. The molecule has 0 radical (unpaired) electrons. The highest BCUT2D eigenvalue weighted by molar-refractivity contribution is 4.89. The Labute approximate surface area is 93.6 Å². The Morgan fingerprint density at radius 3 is 2.60 bits per heavy atom. The van der Waals surface area contributed by atoms with E-state index in [1.807, 2.05) is 0 Å². The van der Waals surface area contributed by atoms with Gasteiger partial charge in [0.25, 0.3) is 0 Å². The Morgan fingerprint density at radius 2 is 2.07 bits per heavy atom. The van der Waals surface area contributed by atoms with E-state index in [-0.39, 0.29) is 0 Å². The Balaban J connectivity index is 1.85. The molecule has 0 spiro atoms. The summed E-state index contributed by atoms with van der Waals surface area (Å²) in [4.78, 5) is 5.25. The number of hydrogen-bond donors (Lipinski definition) is 1. The lowest BCUT2D eigenvalue weighted by Crippen LogP contribution is -2.54. The topological polar surface area (TPSA) is 32.5 Å². The highest BCUT2D eigenvalue weighted by atomic mass is 15.3. The Morgan fingerprint density at radius 1 is 1.27 bits per heavy atom. The molecule has 2 N–H and O–H groups in total. The van der Waals surface area contributed by atoms with E-state index in [0.29, 0.717) is 6.04 Å². The minimum absolute atomic E-state index is 0.467. The van der Waals surface area contributed by atoms with Gasteiger partial charge in [-0.25, -0.2) is 0 Å². The summed E-state index contributed by atoms with van der Waals surface area (Å²) in [5.74, 6) is 0. The summed E-state index contributed by atoms with van der Waals surface area (Å²) in [7, 11) is 0. The third kappa shape index (κ3) is 2.52. The van der Waals surface area contributed by atoms with Crippen LogP contribution in [0.15, 0.2) is 0 Å². The molecule has 1 saturated heterocycles. The van der Waals surface area contributed by atoms with Crippen LogP contribution in [-0.2, 0) is 0 Å². The summed E-state index contributed by atoms with van der Waals surface area (Å²) in [6, 6.07) is 1.97. The van der Waals surface area contributed by atoms with Gasteiger partial charge < -0.3 is 5.73 Å². The first-order valence-electron chi connectivity index (χ1n) is 6.44. The highest BCUT2D eigenvalue weighted by Gasteiger charge is 2.31. The summed E-state index contributed by atoms with van der Waals surface area (Å²) in [5, 5.41) is 0. The Bertz CT molecular complexity index is 207. The van der Waals surface area contributed by atoms with Crippen molar-refractivity contribution in [3.8, 4) is 0 Å². The third-order valence-corrected chi connectivity index (χ3v) is 4.16. The van der Waals surface area contributed by atoms with E-state index < -0.39 is 0 Å². The average Bonchev–Trinajstić information content (AvgIpc) is 2.65. The van der Waals surface area contributed by atoms with Crippen LogP contribution >= 0.6 is 0 Å². The largest absolute Gasteiger partial charge is 0.328 e. The van der Waals surface area contributed by atoms with Crippen molar-refractivity contribution in [1.29, 1.82) is 0 Å². The van der Waals surface area contributed by atoms with E-state index in [2.05, 4.69) is 23.6 Å². The summed E-state index contributed by atoms with van der Waals surface area (Å²) in [6.07, 6.45) is 3.77. The molecule has 88 valence electrons. The number of hydrogen-bond acceptors (Lipinski definition) is 3. The normalized spacial score (nSPS) is 39.8. The van der Waals surface area contributed by atoms with Crippen molar-refractivity contribution >= 4 is 0 Å². The van der Waals surface area contributed by atoms with Crippen LogP contribution in [0.2, 0.25) is 0 Å². The van der Waals surface area contributed by atoms with E-state index >= 15 is 0 Å². The highest BCUT2D eigenvalue weighted by Crippen LogP contribution is 2.24. The second-order valence-electron chi connectivity index (χ2n) is 5.20. The van der Waals surface area contributed by atoms with Crippen molar-refractivity contribution in [2.75, 3.05) is 26.2 Å². The van der Waals surface area contributed by atoms with Gasteiger partial charge in [-0.3, -0.25) is 9.80 Å². The molecule has 3 heteroatoms. The lowest BCUT2D eigenvalue weighted by Gasteiger charge is -2.42. The second kappa shape index (κ2) is 4.81. The van der Waals surface area contributed by atoms with E-state index in [0.717, 1.165) is 12.1 Å². The molecule has 0 aromatic heterocycles. The molecule has 0 amide bonds. The molecule has 1 heterocycles. The van der Waals surface area contributed by atoms with E-state index in [1.165, 1.54) is 45.4 Å². The molecule has 1 aliphatic heterocycles. The zero-order valence-electron chi connectivity index (χ0n) is 10.2. The zero-order chi connectivity index (χ0) is 10.8. The first kappa shape index (κ1) is 11.4. The molecular formula is C12H25N3. The number of nitrogens with two attached hydrogens (primary N) is 1. The fourth-order valence-electron chi connectivity index (χ4n) is 3.15. The van der Waals surface area contributed by atoms with Gasteiger partial charge in [-0.1, -0.05) is 6.92 Å². The molecule has 2 rings (SSSR count). The summed E-state index contributed by atoms with van der Waals surface area (Å²) in [5.41, 5.74) is 5.98. The fourth-order valence-corrected chi connectivity index (χ4v) is 3.15. The standard InChI is InChI=1S/C12H25N3/c1-3-14-6-7-15(9-10(14)2)12-5-4-11(13)8-12/h10-12H,3-9,13H2,1-2H3. The smallest absolute Gasteiger partial charge is 0.0195 e. The van der Waals surface area contributed by atoms with Gasteiger partial charge in [0.1, 0.15) is 0 Å². The maximum absolute atomic E-state index is 5.98. The van der Waals surface area contributed by atoms with Gasteiger partial charge in [0.05, 0.1) is 0 Å². The molecule has 2 aliphatic rings. The minimum Gasteiger partial charge on any atom is -0.328 e. The first-order valence-corrected chi connectivity index (χ1v) is 6.44.